The van der Waals surface area contributed by atoms with Crippen molar-refractivity contribution in [1.82, 2.24) is 4.57 Å². The number of fused-ring (bicyclic) bond motifs is 1. The number of hydrogen-bond donors (Lipinski definition) is 2. The molecule has 2 N–H and O–H groups in total. The fourth-order valence-electron chi connectivity index (χ4n) is 3.75. The highest BCUT2D eigenvalue weighted by atomic mass is 32.2. The third-order valence-electron chi connectivity index (χ3n) is 5.58. The molecule has 0 saturated carbocycles. The Morgan fingerprint density at radius 2 is 1.59 bits per heavy atom. The Morgan fingerprint density at radius 1 is 1.03 bits per heavy atom. The summed E-state index contributed by atoms with van der Waals surface area (Å²) in [5.74, 6) is -1.09. The van der Waals surface area contributed by atoms with Gasteiger partial charge in [0.2, 0.25) is 0 Å². The summed E-state index contributed by atoms with van der Waals surface area (Å²) in [5, 5.41) is 20.4. The molecular formula is C22H15F6N3O5S. The van der Waals surface area contributed by atoms with Crippen LogP contribution in [0.2, 0.25) is 0 Å². The molecule has 15 heteroatoms. The molecule has 2 aromatic carbocycles. The number of carboxylic acid groups (broad SMARTS) is 1. The maximum Gasteiger partial charge on any atom is 0.416 e. The number of nitriles is 1. The molecule has 196 valence electrons. The zero-order chi connectivity index (χ0) is 28.0. The van der Waals surface area contributed by atoms with Crippen LogP contribution in [0.4, 0.5) is 36.8 Å². The zero-order valence-corrected chi connectivity index (χ0v) is 19.3. The molecule has 0 aliphatic heterocycles. The highest BCUT2D eigenvalue weighted by molar-refractivity contribution is 7.90. The van der Waals surface area contributed by atoms with Crippen LogP contribution < -0.4 is 5.32 Å². The molecular weight excluding hydrogens is 532 g/mol. The van der Waals surface area contributed by atoms with Crippen molar-refractivity contribution in [2.24, 2.45) is 0 Å². The van der Waals surface area contributed by atoms with Crippen molar-refractivity contribution in [1.29, 1.82) is 5.26 Å². The average Bonchev–Trinajstić information content (AvgIpc) is 3.15. The first kappa shape index (κ1) is 27.5. The van der Waals surface area contributed by atoms with Gasteiger partial charge in [0, 0.05) is 28.9 Å². The topological polar surface area (TPSA) is 129 Å². The minimum absolute atomic E-state index is 0.0195. The Morgan fingerprint density at radius 3 is 2.05 bits per heavy atom. The number of anilines is 1. The molecule has 3 aromatic rings. The summed E-state index contributed by atoms with van der Waals surface area (Å²) in [6.45, 7) is 0. The van der Waals surface area contributed by atoms with Crippen LogP contribution >= 0.6 is 0 Å². The van der Waals surface area contributed by atoms with Crippen LogP contribution in [-0.2, 0) is 15.3 Å². The van der Waals surface area contributed by atoms with Crippen LogP contribution in [0.15, 0.2) is 53.6 Å². The average molecular weight is 547 g/mol. The van der Waals surface area contributed by atoms with Crippen molar-refractivity contribution < 1.29 is 49.5 Å². The van der Waals surface area contributed by atoms with Gasteiger partial charge in [0.25, 0.3) is 5.91 Å². The van der Waals surface area contributed by atoms with E-state index in [1.807, 2.05) is 0 Å². The van der Waals surface area contributed by atoms with Crippen LogP contribution in [0.1, 0.15) is 22.5 Å². The molecule has 37 heavy (non-hydrogen) atoms. The summed E-state index contributed by atoms with van der Waals surface area (Å²) in [5.41, 5.74) is -6.50. The van der Waals surface area contributed by atoms with Crippen molar-refractivity contribution >= 4 is 38.3 Å². The lowest BCUT2D eigenvalue weighted by Gasteiger charge is -2.36. The molecule has 0 spiro atoms. The number of aromatic nitrogens is 1. The molecule has 3 rings (SSSR count). The molecule has 1 amide bonds. The normalized spacial score (nSPS) is 12.8. The summed E-state index contributed by atoms with van der Waals surface area (Å²) in [6.07, 6.45) is -13.4. The predicted octanol–water partition coefficient (Wildman–Crippen LogP) is 5.10. The minimum atomic E-state index is -5.86. The Kier molecular flexibility index (Phi) is 6.78. The van der Waals surface area contributed by atoms with Crippen LogP contribution in [-0.4, -0.2) is 48.7 Å². The van der Waals surface area contributed by atoms with E-state index in [-0.39, 0.29) is 21.4 Å². The second kappa shape index (κ2) is 9.11. The number of carbonyl (C=O) groups is 2. The highest BCUT2D eigenvalue weighted by Crippen LogP contribution is 2.54. The standard InChI is InChI=1S/C22H15F6N3O5S/c1-37(35,36)15-6-7-16-12(10-15)11-31(19(33)34)17(16)18(32)30-14-4-2-13(3-5-14)20(8-9-29,21(23,24)25)22(26,27)28/h2-7,10-11H,8H2,1H3,(H,30,32)(H,33,34). The molecule has 8 nitrogen and oxygen atoms in total. The van der Waals surface area contributed by atoms with Gasteiger partial charge in [-0.25, -0.2) is 17.8 Å². The number of halogens is 6. The zero-order valence-electron chi connectivity index (χ0n) is 18.5. The lowest BCUT2D eigenvalue weighted by molar-refractivity contribution is -0.302. The van der Waals surface area contributed by atoms with E-state index in [0.717, 1.165) is 42.8 Å². The number of nitrogens with zero attached hydrogens (tertiary/aromatic N) is 2. The van der Waals surface area contributed by atoms with Crippen molar-refractivity contribution in [2.75, 3.05) is 11.6 Å². The maximum absolute atomic E-state index is 13.6. The van der Waals surface area contributed by atoms with E-state index < -0.39 is 57.3 Å². The van der Waals surface area contributed by atoms with E-state index in [2.05, 4.69) is 5.32 Å². The van der Waals surface area contributed by atoms with E-state index in [1.54, 1.807) is 0 Å². The van der Waals surface area contributed by atoms with Crippen LogP contribution in [0, 0.1) is 11.3 Å². The van der Waals surface area contributed by atoms with Crippen LogP contribution in [0.25, 0.3) is 10.8 Å². The Balaban J connectivity index is 2.04. The quantitative estimate of drug-likeness (QED) is 0.428. The van der Waals surface area contributed by atoms with Gasteiger partial charge in [-0.3, -0.25) is 4.79 Å². The van der Waals surface area contributed by atoms with Crippen molar-refractivity contribution in [3.05, 3.63) is 59.9 Å². The number of sulfone groups is 1. The number of rotatable bonds is 5. The highest BCUT2D eigenvalue weighted by Gasteiger charge is 2.71. The Bertz CT molecular complexity index is 1520. The molecule has 0 atom stereocenters. The predicted molar refractivity (Wildman–Crippen MR) is 117 cm³/mol. The SMILES string of the molecule is CS(=O)(=O)c1ccc2c(C(=O)Nc3ccc(C(CC#N)(C(F)(F)F)C(F)(F)F)cc3)n(C(=O)O)cc2c1. The second-order valence-corrected chi connectivity index (χ2v) is 9.93. The number of benzene rings is 2. The van der Waals surface area contributed by atoms with E-state index in [4.69, 9.17) is 5.26 Å². The first-order valence-electron chi connectivity index (χ1n) is 9.95. The molecule has 1 heterocycles. The molecule has 0 bridgehead atoms. The molecule has 0 aliphatic carbocycles. The van der Waals surface area contributed by atoms with Crippen molar-refractivity contribution in [3.8, 4) is 6.07 Å². The Labute approximate surface area is 204 Å². The molecule has 0 aliphatic rings. The number of hydrogen-bond acceptors (Lipinski definition) is 5. The van der Waals surface area contributed by atoms with Gasteiger partial charge >= 0.3 is 18.4 Å². The van der Waals surface area contributed by atoms with Crippen LogP contribution in [0.5, 0.6) is 0 Å². The van der Waals surface area contributed by atoms with Gasteiger partial charge in [0.1, 0.15) is 5.69 Å². The fraction of sp³-hybridized carbons (Fsp3) is 0.227. The fourth-order valence-corrected chi connectivity index (χ4v) is 4.40. The number of amides is 1. The summed E-state index contributed by atoms with van der Waals surface area (Å²) in [7, 11) is -3.67. The summed E-state index contributed by atoms with van der Waals surface area (Å²) in [6, 6.07) is 6.80. The number of carbonyl (C=O) groups excluding carboxylic acids is 1. The van der Waals surface area contributed by atoms with Gasteiger partial charge < -0.3 is 10.4 Å². The van der Waals surface area contributed by atoms with Gasteiger partial charge in [-0.15, -0.1) is 0 Å². The second-order valence-electron chi connectivity index (χ2n) is 7.92. The third-order valence-corrected chi connectivity index (χ3v) is 6.69. The first-order valence-corrected chi connectivity index (χ1v) is 11.8. The van der Waals surface area contributed by atoms with Crippen molar-refractivity contribution in [3.63, 3.8) is 0 Å². The lowest BCUT2D eigenvalue weighted by atomic mass is 9.76. The van der Waals surface area contributed by atoms with Gasteiger partial charge in [-0.1, -0.05) is 18.2 Å². The van der Waals surface area contributed by atoms with Gasteiger partial charge in [-0.2, -0.15) is 31.6 Å². The monoisotopic (exact) mass is 547 g/mol. The summed E-state index contributed by atoms with van der Waals surface area (Å²) >= 11 is 0. The first-order chi connectivity index (χ1) is 16.9. The molecule has 0 fully saturated rings. The van der Waals surface area contributed by atoms with Crippen LogP contribution in [0.3, 0.4) is 0 Å². The summed E-state index contributed by atoms with van der Waals surface area (Å²) in [4.78, 5) is 24.4. The lowest BCUT2D eigenvalue weighted by Crippen LogP contribution is -2.53. The Hall–Kier alpha value is -4.06. The molecule has 0 saturated heterocycles. The minimum Gasteiger partial charge on any atom is -0.464 e. The van der Waals surface area contributed by atoms with Gasteiger partial charge in [0.05, 0.1) is 17.4 Å². The molecule has 1 aromatic heterocycles. The molecule has 0 radical (unpaired) electrons. The third kappa shape index (κ3) is 4.84. The van der Waals surface area contributed by atoms with Gasteiger partial charge in [-0.05, 0) is 29.8 Å². The van der Waals surface area contributed by atoms with E-state index in [9.17, 15) is 49.5 Å². The van der Waals surface area contributed by atoms with Gasteiger partial charge in [0.15, 0.2) is 15.3 Å². The summed E-state index contributed by atoms with van der Waals surface area (Å²) < 4.78 is 105. The van der Waals surface area contributed by atoms with E-state index in [1.165, 1.54) is 6.07 Å². The van der Waals surface area contributed by atoms with Crippen molar-refractivity contribution in [2.45, 2.75) is 29.1 Å². The molecule has 0 unspecified atom stereocenters. The van der Waals surface area contributed by atoms with E-state index >= 15 is 0 Å². The smallest absolute Gasteiger partial charge is 0.416 e. The maximum atomic E-state index is 13.6. The number of nitrogens with one attached hydrogen (secondary N) is 1. The van der Waals surface area contributed by atoms with E-state index in [0.29, 0.717) is 16.7 Å². The largest absolute Gasteiger partial charge is 0.464 e. The number of alkyl halides is 6.